The minimum atomic E-state index is 0.659. The van der Waals surface area contributed by atoms with Crippen LogP contribution in [0.3, 0.4) is 0 Å². The summed E-state index contributed by atoms with van der Waals surface area (Å²) in [7, 11) is 7.54. The zero-order chi connectivity index (χ0) is 9.68. The van der Waals surface area contributed by atoms with Crippen molar-refractivity contribution in [2.24, 2.45) is 0 Å². The summed E-state index contributed by atoms with van der Waals surface area (Å²) in [6.45, 7) is 9.15. The Balaban J connectivity index is 2.23. The maximum atomic E-state index is 5.40. The second-order valence-electron chi connectivity index (χ2n) is 3.45. The Hall–Kier alpha value is -0.635. The number of hydrogen-bond acceptors (Lipinski definition) is 3. The summed E-state index contributed by atoms with van der Waals surface area (Å²) in [5.74, 6) is 1.01. The molecule has 1 saturated heterocycles. The van der Waals surface area contributed by atoms with Crippen LogP contribution in [-0.4, -0.2) is 57.4 Å². The topological polar surface area (TPSA) is 18.5 Å². The van der Waals surface area contributed by atoms with Gasteiger partial charge >= 0.3 is 0 Å². The molecule has 0 saturated carbocycles. The van der Waals surface area contributed by atoms with Crippen molar-refractivity contribution in [3.8, 4) is 0 Å². The average molecular weight is 179 g/mol. The molecule has 1 aliphatic heterocycles. The number of piperazine rings is 1. The standard InChI is InChI=1S/C9H18BN3/c1-9(11-4-3-10)13-7-5-12(2)6-8-13/h11H,1,3-8H2,2H3. The quantitative estimate of drug-likeness (QED) is 0.607. The van der Waals surface area contributed by atoms with Crippen LogP contribution >= 0.6 is 0 Å². The van der Waals surface area contributed by atoms with Gasteiger partial charge in [-0.05, 0) is 7.05 Å². The van der Waals surface area contributed by atoms with Gasteiger partial charge in [0.05, 0.1) is 13.7 Å². The molecule has 72 valence electrons. The van der Waals surface area contributed by atoms with E-state index >= 15 is 0 Å². The smallest absolute Gasteiger partial charge is 0.0939 e. The Kier molecular flexibility index (Phi) is 4.16. The number of hydrogen-bond donors (Lipinski definition) is 1. The lowest BCUT2D eigenvalue weighted by Gasteiger charge is -2.35. The Morgan fingerprint density at radius 3 is 2.54 bits per heavy atom. The maximum Gasteiger partial charge on any atom is 0.0939 e. The van der Waals surface area contributed by atoms with E-state index in [4.69, 9.17) is 7.85 Å². The van der Waals surface area contributed by atoms with Gasteiger partial charge in [0, 0.05) is 32.7 Å². The Labute approximate surface area is 82.2 Å². The van der Waals surface area contributed by atoms with Gasteiger partial charge in [-0.3, -0.25) is 0 Å². The Morgan fingerprint density at radius 2 is 2.00 bits per heavy atom. The van der Waals surface area contributed by atoms with Gasteiger partial charge < -0.3 is 15.1 Å². The summed E-state index contributed by atoms with van der Waals surface area (Å²) >= 11 is 0. The third-order valence-electron chi connectivity index (χ3n) is 2.36. The molecule has 1 rings (SSSR count). The van der Waals surface area contributed by atoms with E-state index < -0.39 is 0 Å². The first-order valence-corrected chi connectivity index (χ1v) is 4.80. The van der Waals surface area contributed by atoms with Gasteiger partial charge in [0.1, 0.15) is 0 Å². The van der Waals surface area contributed by atoms with Crippen molar-refractivity contribution in [3.63, 3.8) is 0 Å². The lowest BCUT2D eigenvalue weighted by Crippen LogP contribution is -2.46. The summed E-state index contributed by atoms with van der Waals surface area (Å²) in [4.78, 5) is 4.60. The van der Waals surface area contributed by atoms with Crippen LogP contribution in [0.4, 0.5) is 0 Å². The largest absolute Gasteiger partial charge is 0.373 e. The van der Waals surface area contributed by atoms with Gasteiger partial charge in [-0.2, -0.15) is 0 Å². The molecule has 0 unspecified atom stereocenters. The van der Waals surface area contributed by atoms with Gasteiger partial charge in [-0.15, -0.1) is 0 Å². The van der Waals surface area contributed by atoms with Crippen molar-refractivity contribution in [1.82, 2.24) is 15.1 Å². The molecular weight excluding hydrogens is 161 g/mol. The summed E-state index contributed by atoms with van der Waals surface area (Å²) in [5.41, 5.74) is 0. The van der Waals surface area contributed by atoms with E-state index in [9.17, 15) is 0 Å². The third kappa shape index (κ3) is 3.31. The van der Waals surface area contributed by atoms with Crippen LogP contribution in [0.5, 0.6) is 0 Å². The van der Waals surface area contributed by atoms with Gasteiger partial charge in [-0.1, -0.05) is 12.9 Å². The van der Waals surface area contributed by atoms with E-state index in [-0.39, 0.29) is 0 Å². The molecule has 0 aromatic rings. The highest BCUT2D eigenvalue weighted by atomic mass is 15.3. The molecule has 1 heterocycles. The van der Waals surface area contributed by atoms with Crippen LogP contribution < -0.4 is 5.32 Å². The second-order valence-corrected chi connectivity index (χ2v) is 3.45. The molecule has 0 amide bonds. The average Bonchev–Trinajstić information content (AvgIpc) is 2.15. The molecule has 0 spiro atoms. The van der Waals surface area contributed by atoms with E-state index in [1.807, 2.05) is 0 Å². The Morgan fingerprint density at radius 1 is 1.38 bits per heavy atom. The first kappa shape index (κ1) is 10.4. The van der Waals surface area contributed by atoms with Crippen molar-refractivity contribution in [2.75, 3.05) is 39.8 Å². The highest BCUT2D eigenvalue weighted by Gasteiger charge is 2.13. The predicted octanol–water partition coefficient (Wildman–Crippen LogP) is -0.119. The van der Waals surface area contributed by atoms with E-state index in [0.29, 0.717) is 6.32 Å². The number of nitrogens with zero attached hydrogens (tertiary/aromatic N) is 2. The van der Waals surface area contributed by atoms with E-state index in [1.54, 1.807) is 0 Å². The zero-order valence-electron chi connectivity index (χ0n) is 8.42. The molecule has 0 aromatic carbocycles. The minimum Gasteiger partial charge on any atom is -0.373 e. The molecule has 0 bridgehead atoms. The summed E-state index contributed by atoms with van der Waals surface area (Å²) in [5, 5.41) is 3.20. The van der Waals surface area contributed by atoms with Crippen LogP contribution in [0.25, 0.3) is 0 Å². The van der Waals surface area contributed by atoms with Gasteiger partial charge in [0.25, 0.3) is 0 Å². The molecule has 4 heteroatoms. The van der Waals surface area contributed by atoms with E-state index in [1.165, 1.54) is 0 Å². The minimum absolute atomic E-state index is 0.659. The highest BCUT2D eigenvalue weighted by molar-refractivity contribution is 6.08. The zero-order valence-corrected chi connectivity index (χ0v) is 8.42. The molecule has 1 fully saturated rings. The normalized spacial score (nSPS) is 18.7. The van der Waals surface area contributed by atoms with Crippen molar-refractivity contribution >= 4 is 7.85 Å². The van der Waals surface area contributed by atoms with Crippen molar-refractivity contribution in [2.45, 2.75) is 6.32 Å². The fourth-order valence-corrected chi connectivity index (χ4v) is 1.40. The van der Waals surface area contributed by atoms with Crippen LogP contribution in [-0.2, 0) is 0 Å². The predicted molar refractivity (Wildman–Crippen MR) is 56.8 cm³/mol. The highest BCUT2D eigenvalue weighted by Crippen LogP contribution is 2.03. The van der Waals surface area contributed by atoms with Gasteiger partial charge in [-0.25, -0.2) is 0 Å². The molecule has 0 atom stereocenters. The number of likely N-dealkylation sites (N-methyl/N-ethyl adjacent to an activating group) is 1. The fraction of sp³-hybridized carbons (Fsp3) is 0.778. The lowest BCUT2D eigenvalue weighted by molar-refractivity contribution is 0.179. The maximum absolute atomic E-state index is 5.40. The summed E-state index contributed by atoms with van der Waals surface area (Å²) in [6, 6.07) is 0. The second kappa shape index (κ2) is 5.17. The molecule has 1 aliphatic rings. The van der Waals surface area contributed by atoms with Crippen LogP contribution in [0.15, 0.2) is 12.4 Å². The van der Waals surface area contributed by atoms with Crippen LogP contribution in [0.1, 0.15) is 0 Å². The van der Waals surface area contributed by atoms with Gasteiger partial charge in [0.2, 0.25) is 0 Å². The number of rotatable bonds is 4. The van der Waals surface area contributed by atoms with E-state index in [0.717, 1.165) is 38.5 Å². The first-order chi connectivity index (χ1) is 6.24. The molecule has 0 aromatic heterocycles. The Bertz CT molecular complexity index is 164. The third-order valence-corrected chi connectivity index (χ3v) is 2.36. The molecule has 0 aliphatic carbocycles. The van der Waals surface area contributed by atoms with Gasteiger partial charge in [0.15, 0.2) is 0 Å². The molecule has 13 heavy (non-hydrogen) atoms. The van der Waals surface area contributed by atoms with Crippen LogP contribution in [0.2, 0.25) is 6.32 Å². The molecule has 2 radical (unpaired) electrons. The monoisotopic (exact) mass is 179 g/mol. The SMILES string of the molecule is [B]CCNC(=C)N1CCN(C)CC1. The van der Waals surface area contributed by atoms with Crippen molar-refractivity contribution in [1.29, 1.82) is 0 Å². The van der Waals surface area contributed by atoms with Crippen LogP contribution in [0, 0.1) is 0 Å². The fourth-order valence-electron chi connectivity index (χ4n) is 1.40. The number of nitrogens with one attached hydrogen (secondary N) is 1. The lowest BCUT2D eigenvalue weighted by atomic mass is 10.1. The van der Waals surface area contributed by atoms with E-state index in [2.05, 4.69) is 28.7 Å². The molecule has 3 nitrogen and oxygen atoms in total. The van der Waals surface area contributed by atoms with Crippen molar-refractivity contribution in [3.05, 3.63) is 12.4 Å². The summed E-state index contributed by atoms with van der Waals surface area (Å²) in [6.07, 6.45) is 0.659. The van der Waals surface area contributed by atoms with Crippen molar-refractivity contribution < 1.29 is 0 Å². The molecule has 1 N–H and O–H groups in total. The molecular formula is C9H18BN3. The first-order valence-electron chi connectivity index (χ1n) is 4.80. The summed E-state index contributed by atoms with van der Waals surface area (Å²) < 4.78 is 0.